The SMILES string of the molecule is Cc1cccc(NC(=O)N(CCCCc2ccccc2)CCCCc2ccccc2)c1. The number of anilines is 1. The van der Waals surface area contributed by atoms with Gasteiger partial charge in [-0.15, -0.1) is 0 Å². The van der Waals surface area contributed by atoms with Crippen LogP contribution >= 0.6 is 0 Å². The molecular formula is C28H34N2O. The Morgan fingerprint density at radius 3 is 1.77 bits per heavy atom. The molecule has 0 atom stereocenters. The van der Waals surface area contributed by atoms with Gasteiger partial charge in [-0.3, -0.25) is 0 Å². The molecule has 162 valence electrons. The first kappa shape index (κ1) is 22.6. The maximum absolute atomic E-state index is 13.0. The Balaban J connectivity index is 1.49. The molecule has 0 fully saturated rings. The first-order chi connectivity index (χ1) is 15.2. The number of amides is 2. The lowest BCUT2D eigenvalue weighted by atomic mass is 10.1. The minimum absolute atomic E-state index is 0.00465. The van der Waals surface area contributed by atoms with Crippen LogP contribution < -0.4 is 5.32 Å². The molecule has 0 spiro atoms. The van der Waals surface area contributed by atoms with E-state index in [1.165, 1.54) is 11.1 Å². The number of nitrogens with one attached hydrogen (secondary N) is 1. The number of hydrogen-bond donors (Lipinski definition) is 1. The number of benzene rings is 3. The molecule has 0 bridgehead atoms. The van der Waals surface area contributed by atoms with Gasteiger partial charge >= 0.3 is 6.03 Å². The molecule has 0 aromatic heterocycles. The fraction of sp³-hybridized carbons (Fsp3) is 0.321. The molecule has 2 amide bonds. The van der Waals surface area contributed by atoms with Gasteiger partial charge in [0.15, 0.2) is 0 Å². The number of nitrogens with zero attached hydrogens (tertiary/aromatic N) is 1. The van der Waals surface area contributed by atoms with E-state index in [-0.39, 0.29) is 6.03 Å². The third-order valence-corrected chi connectivity index (χ3v) is 5.53. The first-order valence-corrected chi connectivity index (χ1v) is 11.4. The average molecular weight is 415 g/mol. The molecule has 0 aliphatic heterocycles. The van der Waals surface area contributed by atoms with Crippen LogP contribution in [0.1, 0.15) is 42.4 Å². The Kier molecular flexibility index (Phi) is 9.18. The summed E-state index contributed by atoms with van der Waals surface area (Å²) in [5.74, 6) is 0. The molecule has 3 aromatic carbocycles. The van der Waals surface area contributed by atoms with Crippen LogP contribution in [0.15, 0.2) is 84.9 Å². The van der Waals surface area contributed by atoms with Gasteiger partial charge in [0.2, 0.25) is 0 Å². The predicted molar refractivity (Wildman–Crippen MR) is 131 cm³/mol. The summed E-state index contributed by atoms with van der Waals surface area (Å²) >= 11 is 0. The maximum Gasteiger partial charge on any atom is 0.321 e. The molecule has 0 unspecified atom stereocenters. The largest absolute Gasteiger partial charge is 0.325 e. The summed E-state index contributed by atoms with van der Waals surface area (Å²) in [6, 6.07) is 29.1. The Morgan fingerprint density at radius 1 is 0.710 bits per heavy atom. The van der Waals surface area contributed by atoms with Gasteiger partial charge in [0.05, 0.1) is 0 Å². The third-order valence-electron chi connectivity index (χ3n) is 5.53. The van der Waals surface area contributed by atoms with Crippen LogP contribution in [-0.2, 0) is 12.8 Å². The summed E-state index contributed by atoms with van der Waals surface area (Å²) in [5, 5.41) is 3.09. The van der Waals surface area contributed by atoms with Crippen LogP contribution in [0.3, 0.4) is 0 Å². The number of urea groups is 1. The van der Waals surface area contributed by atoms with Crippen molar-refractivity contribution in [3.63, 3.8) is 0 Å². The Bertz CT molecular complexity index is 861. The molecule has 0 aliphatic rings. The van der Waals surface area contributed by atoms with Crippen LogP contribution in [0.25, 0.3) is 0 Å². The highest BCUT2D eigenvalue weighted by Gasteiger charge is 2.13. The number of aryl methyl sites for hydroxylation is 3. The second-order valence-corrected chi connectivity index (χ2v) is 8.17. The molecule has 31 heavy (non-hydrogen) atoms. The van der Waals surface area contributed by atoms with Crippen molar-refractivity contribution in [3.05, 3.63) is 102 Å². The highest BCUT2D eigenvalue weighted by molar-refractivity contribution is 5.89. The van der Waals surface area contributed by atoms with E-state index in [9.17, 15) is 4.79 Å². The molecule has 0 aliphatic carbocycles. The van der Waals surface area contributed by atoms with Gasteiger partial charge in [0.25, 0.3) is 0 Å². The van der Waals surface area contributed by atoms with E-state index >= 15 is 0 Å². The summed E-state index contributed by atoms with van der Waals surface area (Å²) in [5.41, 5.74) is 4.74. The minimum Gasteiger partial charge on any atom is -0.325 e. The van der Waals surface area contributed by atoms with E-state index in [2.05, 4.69) is 66.0 Å². The van der Waals surface area contributed by atoms with Gasteiger partial charge in [-0.2, -0.15) is 0 Å². The van der Waals surface area contributed by atoms with E-state index in [1.807, 2.05) is 36.1 Å². The van der Waals surface area contributed by atoms with E-state index in [0.717, 1.165) is 62.9 Å². The van der Waals surface area contributed by atoms with Crippen LogP contribution in [-0.4, -0.2) is 24.0 Å². The fourth-order valence-corrected chi connectivity index (χ4v) is 3.79. The number of rotatable bonds is 11. The summed E-state index contributed by atoms with van der Waals surface area (Å²) in [6.45, 7) is 3.62. The first-order valence-electron chi connectivity index (χ1n) is 11.4. The Hall–Kier alpha value is -3.07. The fourth-order valence-electron chi connectivity index (χ4n) is 3.79. The van der Waals surface area contributed by atoms with Crippen molar-refractivity contribution >= 4 is 11.7 Å². The lowest BCUT2D eigenvalue weighted by molar-refractivity contribution is 0.209. The smallest absolute Gasteiger partial charge is 0.321 e. The van der Waals surface area contributed by atoms with Crippen molar-refractivity contribution in [2.24, 2.45) is 0 Å². The van der Waals surface area contributed by atoms with Crippen molar-refractivity contribution in [2.75, 3.05) is 18.4 Å². The highest BCUT2D eigenvalue weighted by atomic mass is 16.2. The van der Waals surface area contributed by atoms with E-state index in [0.29, 0.717) is 0 Å². The van der Waals surface area contributed by atoms with Gasteiger partial charge in [-0.05, 0) is 74.3 Å². The zero-order chi connectivity index (χ0) is 21.7. The monoisotopic (exact) mass is 414 g/mol. The molecule has 3 rings (SSSR count). The van der Waals surface area contributed by atoms with Gasteiger partial charge in [0.1, 0.15) is 0 Å². The van der Waals surface area contributed by atoms with Gasteiger partial charge in [-0.1, -0.05) is 72.8 Å². The standard InChI is InChI=1S/C28H34N2O/c1-24-13-12-20-27(23-24)29-28(31)30(21-10-8-18-25-14-4-2-5-15-25)22-11-9-19-26-16-6-3-7-17-26/h2-7,12-17,20,23H,8-11,18-19,21-22H2,1H3,(H,29,31). The van der Waals surface area contributed by atoms with Crippen LogP contribution in [0.5, 0.6) is 0 Å². The van der Waals surface area contributed by atoms with E-state index in [1.54, 1.807) is 0 Å². The van der Waals surface area contributed by atoms with Crippen LogP contribution in [0.2, 0.25) is 0 Å². The van der Waals surface area contributed by atoms with Gasteiger partial charge in [-0.25, -0.2) is 4.79 Å². The number of hydrogen-bond acceptors (Lipinski definition) is 1. The third kappa shape index (κ3) is 8.29. The molecule has 3 aromatic rings. The number of carbonyl (C=O) groups is 1. The predicted octanol–water partition coefficient (Wildman–Crippen LogP) is 6.87. The molecule has 1 N–H and O–H groups in total. The second kappa shape index (κ2) is 12.6. The topological polar surface area (TPSA) is 32.3 Å². The lowest BCUT2D eigenvalue weighted by Crippen LogP contribution is -2.36. The molecule has 3 nitrogen and oxygen atoms in total. The molecule has 0 saturated carbocycles. The van der Waals surface area contributed by atoms with E-state index < -0.39 is 0 Å². The zero-order valence-electron chi connectivity index (χ0n) is 18.6. The molecule has 0 radical (unpaired) electrons. The minimum atomic E-state index is 0.00465. The Labute approximate surface area is 187 Å². The molecular weight excluding hydrogens is 380 g/mol. The van der Waals surface area contributed by atoms with Crippen molar-refractivity contribution in [1.82, 2.24) is 4.90 Å². The Morgan fingerprint density at radius 2 is 1.26 bits per heavy atom. The molecule has 0 saturated heterocycles. The quantitative estimate of drug-likeness (QED) is 0.341. The number of carbonyl (C=O) groups excluding carboxylic acids is 1. The van der Waals surface area contributed by atoms with Crippen molar-refractivity contribution < 1.29 is 4.79 Å². The summed E-state index contributed by atoms with van der Waals surface area (Å²) in [7, 11) is 0. The van der Waals surface area contributed by atoms with Crippen LogP contribution in [0, 0.1) is 6.92 Å². The van der Waals surface area contributed by atoms with Gasteiger partial charge in [0, 0.05) is 18.8 Å². The average Bonchev–Trinajstić information content (AvgIpc) is 2.79. The summed E-state index contributed by atoms with van der Waals surface area (Å²) in [4.78, 5) is 15.0. The lowest BCUT2D eigenvalue weighted by Gasteiger charge is -2.23. The van der Waals surface area contributed by atoms with Crippen molar-refractivity contribution in [2.45, 2.75) is 45.4 Å². The van der Waals surface area contributed by atoms with Crippen molar-refractivity contribution in [3.8, 4) is 0 Å². The van der Waals surface area contributed by atoms with E-state index in [4.69, 9.17) is 0 Å². The molecule has 3 heteroatoms. The highest BCUT2D eigenvalue weighted by Crippen LogP contribution is 2.13. The normalized spacial score (nSPS) is 10.6. The summed E-state index contributed by atoms with van der Waals surface area (Å²) < 4.78 is 0. The molecule has 0 heterocycles. The number of unbranched alkanes of at least 4 members (excludes halogenated alkanes) is 2. The van der Waals surface area contributed by atoms with Crippen LogP contribution in [0.4, 0.5) is 10.5 Å². The van der Waals surface area contributed by atoms with Gasteiger partial charge < -0.3 is 10.2 Å². The maximum atomic E-state index is 13.0. The zero-order valence-corrected chi connectivity index (χ0v) is 18.6. The van der Waals surface area contributed by atoms with Crippen molar-refractivity contribution in [1.29, 1.82) is 0 Å². The second-order valence-electron chi connectivity index (χ2n) is 8.17. The summed E-state index contributed by atoms with van der Waals surface area (Å²) in [6.07, 6.45) is 6.30.